The molecule has 0 aromatic rings. The quantitative estimate of drug-likeness (QED) is 0.793. The van der Waals surface area contributed by atoms with Gasteiger partial charge < -0.3 is 5.11 Å². The van der Waals surface area contributed by atoms with E-state index in [-0.39, 0.29) is 5.60 Å². The summed E-state index contributed by atoms with van der Waals surface area (Å²) in [7, 11) is 0. The first-order valence-electron chi connectivity index (χ1n) is 7.02. The van der Waals surface area contributed by atoms with Crippen LogP contribution in [0.15, 0.2) is 0 Å². The topological polar surface area (TPSA) is 20.2 Å². The predicted molar refractivity (Wildman–Crippen MR) is 71.8 cm³/mol. The Hall–Kier alpha value is 0.310. The SMILES string of the molecule is CCC1CCCCC1C1(O)CCCSC1C. The summed E-state index contributed by atoms with van der Waals surface area (Å²) in [4.78, 5) is 0. The van der Waals surface area contributed by atoms with E-state index in [2.05, 4.69) is 13.8 Å². The molecule has 2 heteroatoms. The normalized spacial score (nSPS) is 45.6. The second-order valence-corrected chi connectivity index (χ2v) is 7.12. The molecule has 1 saturated carbocycles. The molecular weight excluding hydrogens is 216 g/mol. The van der Waals surface area contributed by atoms with E-state index in [1.165, 1.54) is 44.3 Å². The monoisotopic (exact) mass is 242 g/mol. The molecule has 1 aliphatic carbocycles. The highest BCUT2D eigenvalue weighted by Crippen LogP contribution is 2.47. The highest BCUT2D eigenvalue weighted by molar-refractivity contribution is 8.00. The van der Waals surface area contributed by atoms with Gasteiger partial charge in [-0.2, -0.15) is 11.8 Å². The second-order valence-electron chi connectivity index (χ2n) is 5.67. The first kappa shape index (κ1) is 12.8. The van der Waals surface area contributed by atoms with Crippen LogP contribution in [0.2, 0.25) is 0 Å². The molecule has 2 fully saturated rings. The van der Waals surface area contributed by atoms with Gasteiger partial charge >= 0.3 is 0 Å². The molecule has 1 heterocycles. The predicted octanol–water partition coefficient (Wildman–Crippen LogP) is 3.85. The number of rotatable bonds is 2. The van der Waals surface area contributed by atoms with Crippen molar-refractivity contribution in [2.24, 2.45) is 11.8 Å². The van der Waals surface area contributed by atoms with E-state index in [9.17, 15) is 5.11 Å². The van der Waals surface area contributed by atoms with Crippen LogP contribution >= 0.6 is 11.8 Å². The second kappa shape index (κ2) is 5.30. The lowest BCUT2D eigenvalue weighted by Crippen LogP contribution is -2.51. The molecule has 1 N–H and O–H groups in total. The van der Waals surface area contributed by atoms with Crippen LogP contribution in [0.4, 0.5) is 0 Å². The Balaban J connectivity index is 2.12. The average molecular weight is 242 g/mol. The third-order valence-corrected chi connectivity index (χ3v) is 6.30. The van der Waals surface area contributed by atoms with Gasteiger partial charge in [-0.15, -0.1) is 0 Å². The lowest BCUT2D eigenvalue weighted by molar-refractivity contribution is -0.0652. The zero-order chi connectivity index (χ0) is 11.6. The molecule has 0 aromatic carbocycles. The van der Waals surface area contributed by atoms with E-state index in [0.29, 0.717) is 11.2 Å². The van der Waals surface area contributed by atoms with Crippen molar-refractivity contribution in [3.63, 3.8) is 0 Å². The standard InChI is InChI=1S/C14H26OS/c1-3-12-7-4-5-8-13(12)14(15)9-6-10-16-11(14)2/h11-13,15H,3-10H2,1-2H3. The molecule has 0 amide bonds. The van der Waals surface area contributed by atoms with Crippen molar-refractivity contribution in [1.29, 1.82) is 0 Å². The summed E-state index contributed by atoms with van der Waals surface area (Å²) in [5.41, 5.74) is -0.357. The third-order valence-electron chi connectivity index (χ3n) is 4.87. The first-order valence-corrected chi connectivity index (χ1v) is 8.07. The highest BCUT2D eigenvalue weighted by atomic mass is 32.2. The van der Waals surface area contributed by atoms with Crippen LogP contribution in [0.5, 0.6) is 0 Å². The Kier molecular flexibility index (Phi) is 4.23. The molecule has 1 aliphatic heterocycles. The van der Waals surface area contributed by atoms with Gasteiger partial charge in [0.25, 0.3) is 0 Å². The van der Waals surface area contributed by atoms with Gasteiger partial charge in [-0.25, -0.2) is 0 Å². The van der Waals surface area contributed by atoms with Crippen molar-refractivity contribution in [2.45, 2.75) is 69.6 Å². The fourth-order valence-electron chi connectivity index (χ4n) is 3.80. The van der Waals surface area contributed by atoms with Gasteiger partial charge in [-0.05, 0) is 36.9 Å². The van der Waals surface area contributed by atoms with Crippen LogP contribution in [-0.2, 0) is 0 Å². The molecule has 16 heavy (non-hydrogen) atoms. The van der Waals surface area contributed by atoms with Crippen molar-refractivity contribution in [3.05, 3.63) is 0 Å². The van der Waals surface area contributed by atoms with E-state index in [1.54, 1.807) is 0 Å². The van der Waals surface area contributed by atoms with Gasteiger partial charge in [0.15, 0.2) is 0 Å². The minimum atomic E-state index is -0.357. The maximum absolute atomic E-state index is 11.0. The summed E-state index contributed by atoms with van der Waals surface area (Å²) in [5, 5.41) is 11.5. The summed E-state index contributed by atoms with van der Waals surface area (Å²) in [5.74, 6) is 2.60. The van der Waals surface area contributed by atoms with Crippen molar-refractivity contribution in [1.82, 2.24) is 0 Å². The molecule has 0 spiro atoms. The van der Waals surface area contributed by atoms with Gasteiger partial charge in [-0.3, -0.25) is 0 Å². The van der Waals surface area contributed by atoms with Crippen LogP contribution in [-0.4, -0.2) is 21.7 Å². The van der Waals surface area contributed by atoms with E-state index >= 15 is 0 Å². The van der Waals surface area contributed by atoms with Crippen LogP contribution in [0, 0.1) is 11.8 Å². The molecule has 0 aromatic heterocycles. The molecule has 1 saturated heterocycles. The fourth-order valence-corrected chi connectivity index (χ4v) is 5.05. The van der Waals surface area contributed by atoms with E-state index < -0.39 is 0 Å². The summed E-state index contributed by atoms with van der Waals surface area (Å²) >= 11 is 1.98. The summed E-state index contributed by atoms with van der Waals surface area (Å²) < 4.78 is 0. The van der Waals surface area contributed by atoms with Crippen molar-refractivity contribution >= 4 is 11.8 Å². The molecule has 0 bridgehead atoms. The molecule has 2 aliphatic rings. The molecule has 94 valence electrons. The van der Waals surface area contributed by atoms with Gasteiger partial charge in [0, 0.05) is 5.25 Å². The molecule has 4 unspecified atom stereocenters. The number of thioether (sulfide) groups is 1. The maximum Gasteiger partial charge on any atom is 0.0794 e. The maximum atomic E-state index is 11.0. The van der Waals surface area contributed by atoms with E-state index in [0.717, 1.165) is 12.3 Å². The van der Waals surface area contributed by atoms with Crippen LogP contribution in [0.25, 0.3) is 0 Å². The summed E-state index contributed by atoms with van der Waals surface area (Å²) in [6.45, 7) is 4.54. The van der Waals surface area contributed by atoms with Crippen LogP contribution < -0.4 is 0 Å². The van der Waals surface area contributed by atoms with Gasteiger partial charge in [0.2, 0.25) is 0 Å². The van der Waals surface area contributed by atoms with Gasteiger partial charge in [0.05, 0.1) is 5.60 Å². The third kappa shape index (κ3) is 2.28. The summed E-state index contributed by atoms with van der Waals surface area (Å²) in [6, 6.07) is 0. The first-order chi connectivity index (χ1) is 7.68. The minimum absolute atomic E-state index is 0.357. The Bertz CT molecular complexity index is 231. The lowest BCUT2D eigenvalue weighted by Gasteiger charge is -2.48. The van der Waals surface area contributed by atoms with Crippen LogP contribution in [0.3, 0.4) is 0 Å². The van der Waals surface area contributed by atoms with Crippen molar-refractivity contribution in [3.8, 4) is 0 Å². The fraction of sp³-hybridized carbons (Fsp3) is 1.00. The molecule has 0 radical (unpaired) electrons. The van der Waals surface area contributed by atoms with E-state index in [1.807, 2.05) is 11.8 Å². The number of aliphatic hydroxyl groups is 1. The van der Waals surface area contributed by atoms with Crippen LogP contribution in [0.1, 0.15) is 58.8 Å². The Morgan fingerprint density at radius 1 is 1.25 bits per heavy atom. The minimum Gasteiger partial charge on any atom is -0.388 e. The Morgan fingerprint density at radius 3 is 2.69 bits per heavy atom. The molecule has 4 atom stereocenters. The average Bonchev–Trinajstić information content (AvgIpc) is 2.33. The lowest BCUT2D eigenvalue weighted by atomic mass is 9.66. The van der Waals surface area contributed by atoms with Crippen molar-refractivity contribution < 1.29 is 5.11 Å². The summed E-state index contributed by atoms with van der Waals surface area (Å²) in [6.07, 6.45) is 8.83. The molecule has 2 rings (SSSR count). The van der Waals surface area contributed by atoms with Gasteiger partial charge in [-0.1, -0.05) is 39.5 Å². The molecule has 1 nitrogen and oxygen atoms in total. The highest BCUT2D eigenvalue weighted by Gasteiger charge is 2.46. The Morgan fingerprint density at radius 2 is 2.00 bits per heavy atom. The van der Waals surface area contributed by atoms with E-state index in [4.69, 9.17) is 0 Å². The zero-order valence-corrected chi connectivity index (χ0v) is 11.6. The smallest absolute Gasteiger partial charge is 0.0794 e. The van der Waals surface area contributed by atoms with Gasteiger partial charge in [0.1, 0.15) is 0 Å². The zero-order valence-electron chi connectivity index (χ0n) is 10.7. The number of hydrogen-bond acceptors (Lipinski definition) is 2. The Labute approximate surface area is 104 Å². The number of hydrogen-bond donors (Lipinski definition) is 1. The van der Waals surface area contributed by atoms with Crippen molar-refractivity contribution in [2.75, 3.05) is 5.75 Å². The largest absolute Gasteiger partial charge is 0.388 e. The molecular formula is C14H26OS.